The molecule has 0 saturated heterocycles. The summed E-state index contributed by atoms with van der Waals surface area (Å²) in [4.78, 5) is 0. The second kappa shape index (κ2) is 5.41. The van der Waals surface area contributed by atoms with Crippen LogP contribution in [-0.2, 0) is 6.54 Å². The normalized spacial score (nSPS) is 10.2. The van der Waals surface area contributed by atoms with E-state index in [1.807, 2.05) is 44.3 Å². The first kappa shape index (κ1) is 11.5. The van der Waals surface area contributed by atoms with Crippen molar-refractivity contribution in [3.63, 3.8) is 0 Å². The highest BCUT2D eigenvalue weighted by molar-refractivity contribution is 5.31. The average Bonchev–Trinajstić information content (AvgIpc) is 2.30. The Kier molecular flexibility index (Phi) is 3.67. The van der Waals surface area contributed by atoms with Crippen LogP contribution in [0.3, 0.4) is 0 Å². The lowest BCUT2D eigenvalue weighted by molar-refractivity contribution is 0.454. The zero-order chi connectivity index (χ0) is 12.1. The van der Waals surface area contributed by atoms with E-state index in [0.29, 0.717) is 5.88 Å². The number of aryl methyl sites for hydroxylation is 1. The summed E-state index contributed by atoms with van der Waals surface area (Å²) < 4.78 is 5.64. The largest absolute Gasteiger partial charge is 0.438 e. The van der Waals surface area contributed by atoms with E-state index in [9.17, 15) is 0 Å². The van der Waals surface area contributed by atoms with Gasteiger partial charge in [0.1, 0.15) is 5.75 Å². The van der Waals surface area contributed by atoms with Gasteiger partial charge in [-0.25, -0.2) is 0 Å². The molecule has 0 aliphatic carbocycles. The van der Waals surface area contributed by atoms with Gasteiger partial charge < -0.3 is 10.1 Å². The van der Waals surface area contributed by atoms with Gasteiger partial charge in [0.2, 0.25) is 5.88 Å². The third-order valence-corrected chi connectivity index (χ3v) is 2.27. The Labute approximate surface area is 101 Å². The molecule has 0 aliphatic heterocycles. The zero-order valence-electron chi connectivity index (χ0n) is 9.97. The Morgan fingerprint density at radius 1 is 1.29 bits per heavy atom. The van der Waals surface area contributed by atoms with Crippen LogP contribution < -0.4 is 10.1 Å². The molecule has 1 aromatic heterocycles. The van der Waals surface area contributed by atoms with E-state index < -0.39 is 0 Å². The van der Waals surface area contributed by atoms with Crippen LogP contribution in [0.5, 0.6) is 11.6 Å². The molecular weight excluding hydrogens is 214 g/mol. The minimum Gasteiger partial charge on any atom is -0.438 e. The van der Waals surface area contributed by atoms with E-state index >= 15 is 0 Å². The summed E-state index contributed by atoms with van der Waals surface area (Å²) in [6.07, 6.45) is 1.70. The van der Waals surface area contributed by atoms with Crippen molar-refractivity contribution in [3.8, 4) is 11.6 Å². The maximum Gasteiger partial charge on any atom is 0.239 e. The SMILES string of the molecule is CNCc1cccc(Oc2cc(C)cnn2)c1. The third-order valence-electron chi connectivity index (χ3n) is 2.27. The highest BCUT2D eigenvalue weighted by Crippen LogP contribution is 2.20. The number of hydrogen-bond donors (Lipinski definition) is 1. The summed E-state index contributed by atoms with van der Waals surface area (Å²) >= 11 is 0. The molecule has 0 bridgehead atoms. The molecule has 0 saturated carbocycles. The lowest BCUT2D eigenvalue weighted by Crippen LogP contribution is -2.04. The van der Waals surface area contributed by atoms with Crippen LogP contribution in [0.4, 0.5) is 0 Å². The Balaban J connectivity index is 2.15. The number of nitrogens with zero attached hydrogens (tertiary/aromatic N) is 2. The molecule has 0 aliphatic rings. The molecule has 0 atom stereocenters. The summed E-state index contributed by atoms with van der Waals surface area (Å²) in [7, 11) is 1.92. The molecule has 1 N–H and O–H groups in total. The van der Waals surface area contributed by atoms with E-state index in [2.05, 4.69) is 15.5 Å². The van der Waals surface area contributed by atoms with E-state index in [1.54, 1.807) is 6.20 Å². The van der Waals surface area contributed by atoms with Crippen molar-refractivity contribution >= 4 is 0 Å². The monoisotopic (exact) mass is 229 g/mol. The van der Waals surface area contributed by atoms with Gasteiger partial charge >= 0.3 is 0 Å². The molecule has 0 fully saturated rings. The van der Waals surface area contributed by atoms with Crippen molar-refractivity contribution in [2.45, 2.75) is 13.5 Å². The second-order valence-electron chi connectivity index (χ2n) is 3.85. The fraction of sp³-hybridized carbons (Fsp3) is 0.231. The molecular formula is C13H15N3O. The highest BCUT2D eigenvalue weighted by atomic mass is 16.5. The number of hydrogen-bond acceptors (Lipinski definition) is 4. The van der Waals surface area contributed by atoms with Crippen LogP contribution in [0.2, 0.25) is 0 Å². The minimum atomic E-state index is 0.520. The standard InChI is InChI=1S/C13H15N3O/c1-10-6-13(16-15-8-10)17-12-5-3-4-11(7-12)9-14-2/h3-8,14H,9H2,1-2H3. The van der Waals surface area contributed by atoms with Gasteiger partial charge in [0.05, 0.1) is 6.20 Å². The highest BCUT2D eigenvalue weighted by Gasteiger charge is 2.00. The van der Waals surface area contributed by atoms with Gasteiger partial charge in [-0.15, -0.1) is 5.10 Å². The predicted octanol–water partition coefficient (Wildman–Crippen LogP) is 2.30. The van der Waals surface area contributed by atoms with E-state index in [0.717, 1.165) is 17.9 Å². The number of rotatable bonds is 4. The molecule has 1 heterocycles. The molecule has 17 heavy (non-hydrogen) atoms. The number of aromatic nitrogens is 2. The van der Waals surface area contributed by atoms with Gasteiger partial charge in [0.15, 0.2) is 0 Å². The second-order valence-corrected chi connectivity index (χ2v) is 3.85. The quantitative estimate of drug-likeness (QED) is 0.873. The molecule has 2 rings (SSSR count). The average molecular weight is 229 g/mol. The van der Waals surface area contributed by atoms with Gasteiger partial charge in [-0.05, 0) is 37.2 Å². The zero-order valence-corrected chi connectivity index (χ0v) is 9.97. The molecule has 4 nitrogen and oxygen atoms in total. The Hall–Kier alpha value is -1.94. The predicted molar refractivity (Wildman–Crippen MR) is 66.0 cm³/mol. The molecule has 4 heteroatoms. The lowest BCUT2D eigenvalue weighted by Gasteiger charge is -2.06. The Bertz CT molecular complexity index is 500. The Morgan fingerprint density at radius 3 is 2.94 bits per heavy atom. The van der Waals surface area contributed by atoms with Gasteiger partial charge in [0, 0.05) is 12.6 Å². The lowest BCUT2D eigenvalue weighted by atomic mass is 10.2. The molecule has 0 radical (unpaired) electrons. The van der Waals surface area contributed by atoms with Crippen LogP contribution in [0.1, 0.15) is 11.1 Å². The molecule has 2 aromatic rings. The minimum absolute atomic E-state index is 0.520. The van der Waals surface area contributed by atoms with Crippen molar-refractivity contribution in [1.29, 1.82) is 0 Å². The van der Waals surface area contributed by atoms with Gasteiger partial charge in [0.25, 0.3) is 0 Å². The van der Waals surface area contributed by atoms with Crippen molar-refractivity contribution in [2.24, 2.45) is 0 Å². The van der Waals surface area contributed by atoms with Gasteiger partial charge in [-0.2, -0.15) is 5.10 Å². The summed E-state index contributed by atoms with van der Waals surface area (Å²) in [5.74, 6) is 1.30. The van der Waals surface area contributed by atoms with E-state index in [1.165, 1.54) is 5.56 Å². The van der Waals surface area contributed by atoms with Crippen LogP contribution in [0, 0.1) is 6.92 Å². The van der Waals surface area contributed by atoms with E-state index in [-0.39, 0.29) is 0 Å². The summed E-state index contributed by atoms with van der Waals surface area (Å²) in [5.41, 5.74) is 2.20. The van der Waals surface area contributed by atoms with Gasteiger partial charge in [-0.3, -0.25) is 0 Å². The van der Waals surface area contributed by atoms with Crippen molar-refractivity contribution in [1.82, 2.24) is 15.5 Å². The molecule has 0 amide bonds. The Morgan fingerprint density at radius 2 is 2.18 bits per heavy atom. The molecule has 0 spiro atoms. The van der Waals surface area contributed by atoms with Crippen LogP contribution >= 0.6 is 0 Å². The van der Waals surface area contributed by atoms with E-state index in [4.69, 9.17) is 4.74 Å². The maximum absolute atomic E-state index is 5.64. The summed E-state index contributed by atoms with van der Waals surface area (Å²) in [6.45, 7) is 2.77. The third kappa shape index (κ3) is 3.26. The van der Waals surface area contributed by atoms with Crippen molar-refractivity contribution in [2.75, 3.05) is 7.05 Å². The summed E-state index contributed by atoms with van der Waals surface area (Å²) in [6, 6.07) is 9.76. The molecule has 0 unspecified atom stereocenters. The first-order valence-corrected chi connectivity index (χ1v) is 5.48. The first-order chi connectivity index (χ1) is 8.28. The number of nitrogens with one attached hydrogen (secondary N) is 1. The summed E-state index contributed by atoms with van der Waals surface area (Å²) in [5, 5.41) is 10.9. The van der Waals surface area contributed by atoms with Crippen LogP contribution in [-0.4, -0.2) is 17.2 Å². The van der Waals surface area contributed by atoms with Crippen LogP contribution in [0.25, 0.3) is 0 Å². The smallest absolute Gasteiger partial charge is 0.239 e. The van der Waals surface area contributed by atoms with Crippen molar-refractivity contribution < 1.29 is 4.74 Å². The number of ether oxygens (including phenoxy) is 1. The fourth-order valence-corrected chi connectivity index (χ4v) is 1.53. The topological polar surface area (TPSA) is 47.0 Å². The maximum atomic E-state index is 5.64. The van der Waals surface area contributed by atoms with Crippen molar-refractivity contribution in [3.05, 3.63) is 47.7 Å². The van der Waals surface area contributed by atoms with Crippen LogP contribution in [0.15, 0.2) is 36.5 Å². The molecule has 1 aromatic carbocycles. The molecule has 88 valence electrons. The number of benzene rings is 1. The van der Waals surface area contributed by atoms with Gasteiger partial charge in [-0.1, -0.05) is 12.1 Å². The fourth-order valence-electron chi connectivity index (χ4n) is 1.53. The first-order valence-electron chi connectivity index (χ1n) is 5.48.